The van der Waals surface area contributed by atoms with Crippen molar-refractivity contribution in [3.63, 3.8) is 0 Å². The van der Waals surface area contributed by atoms with Gasteiger partial charge in [-0.15, -0.1) is 0 Å². The third-order valence-electron chi connectivity index (χ3n) is 2.95. The normalized spacial score (nSPS) is 26.9. The minimum absolute atomic E-state index is 0.312. The van der Waals surface area contributed by atoms with Crippen molar-refractivity contribution in [2.45, 2.75) is 33.6 Å². The van der Waals surface area contributed by atoms with E-state index in [1.165, 1.54) is 18.4 Å². The van der Waals surface area contributed by atoms with E-state index in [9.17, 15) is 0 Å². The summed E-state index contributed by atoms with van der Waals surface area (Å²) in [7, 11) is 0. The van der Waals surface area contributed by atoms with Crippen LogP contribution in [0.15, 0.2) is 23.8 Å². The lowest BCUT2D eigenvalue weighted by Gasteiger charge is -2.36. The quantitative estimate of drug-likeness (QED) is 0.442. The molecule has 1 heteroatoms. The first kappa shape index (κ1) is 10.1. The van der Waals surface area contributed by atoms with Crippen LogP contribution in [0.4, 0.5) is 0 Å². The Labute approximate surface area is 80.8 Å². The van der Waals surface area contributed by atoms with Crippen molar-refractivity contribution < 1.29 is 0 Å². The van der Waals surface area contributed by atoms with Crippen LogP contribution in [0, 0.1) is 22.7 Å². The van der Waals surface area contributed by atoms with Crippen LogP contribution in [-0.4, -0.2) is 0 Å². The maximum absolute atomic E-state index is 8.50. The van der Waals surface area contributed by atoms with Gasteiger partial charge < -0.3 is 0 Å². The van der Waals surface area contributed by atoms with Crippen LogP contribution in [0.5, 0.6) is 0 Å². The number of hydrogen-bond donors (Lipinski definition) is 0. The zero-order chi connectivity index (χ0) is 9.90. The van der Waals surface area contributed by atoms with Gasteiger partial charge in [0.2, 0.25) is 0 Å². The number of allylic oxidation sites excluding steroid dienone is 4. The molecule has 0 heterocycles. The lowest BCUT2D eigenvalue weighted by Crippen LogP contribution is -2.26. The second-order valence-electron chi connectivity index (χ2n) is 4.44. The molecule has 0 aromatic rings. The zero-order valence-corrected chi connectivity index (χ0v) is 8.67. The Balaban J connectivity index is 2.89. The molecular weight excluding hydrogens is 158 g/mol. The van der Waals surface area contributed by atoms with E-state index in [-0.39, 0.29) is 0 Å². The van der Waals surface area contributed by atoms with E-state index in [0.717, 1.165) is 0 Å². The van der Waals surface area contributed by atoms with Gasteiger partial charge in [-0.2, -0.15) is 5.26 Å². The van der Waals surface area contributed by atoms with E-state index in [2.05, 4.69) is 32.9 Å². The van der Waals surface area contributed by atoms with Crippen LogP contribution in [0.2, 0.25) is 0 Å². The second kappa shape index (κ2) is 3.79. The molecular formula is C12H17N. The molecule has 1 aliphatic rings. The van der Waals surface area contributed by atoms with Gasteiger partial charge in [-0.1, -0.05) is 31.6 Å². The molecule has 0 N–H and O–H groups in total. The molecule has 70 valence electrons. The van der Waals surface area contributed by atoms with Crippen LogP contribution >= 0.6 is 0 Å². The molecule has 0 aromatic carbocycles. The van der Waals surface area contributed by atoms with Gasteiger partial charge >= 0.3 is 0 Å². The van der Waals surface area contributed by atoms with Gasteiger partial charge in [-0.05, 0) is 25.2 Å². The molecule has 0 radical (unpaired) electrons. The van der Waals surface area contributed by atoms with Crippen molar-refractivity contribution >= 4 is 0 Å². The summed E-state index contributed by atoms with van der Waals surface area (Å²) in [6, 6.07) is 2.07. The highest BCUT2D eigenvalue weighted by Gasteiger charge is 2.30. The molecule has 0 aliphatic heterocycles. The lowest BCUT2D eigenvalue weighted by atomic mass is 9.68. The first-order chi connectivity index (χ1) is 6.08. The fourth-order valence-electron chi connectivity index (χ4n) is 2.12. The monoisotopic (exact) mass is 175 g/mol. The number of nitrogens with zero attached hydrogens (tertiary/aromatic N) is 1. The van der Waals surface area contributed by atoms with Crippen LogP contribution in [-0.2, 0) is 0 Å². The third-order valence-corrected chi connectivity index (χ3v) is 2.95. The third kappa shape index (κ3) is 2.21. The second-order valence-corrected chi connectivity index (χ2v) is 4.44. The van der Waals surface area contributed by atoms with E-state index in [1.54, 1.807) is 6.08 Å². The highest BCUT2D eigenvalue weighted by molar-refractivity contribution is 5.21. The molecule has 13 heavy (non-hydrogen) atoms. The molecule has 0 unspecified atom stereocenters. The highest BCUT2D eigenvalue weighted by atomic mass is 14.3. The summed E-state index contributed by atoms with van der Waals surface area (Å²) >= 11 is 0. The summed E-state index contributed by atoms with van der Waals surface area (Å²) in [5.74, 6) is 0.445. The van der Waals surface area contributed by atoms with E-state index in [0.29, 0.717) is 11.3 Å². The van der Waals surface area contributed by atoms with Gasteiger partial charge in [-0.3, -0.25) is 0 Å². The Hall–Kier alpha value is -1.03. The molecule has 1 nitrogen and oxygen atoms in total. The van der Waals surface area contributed by atoms with Crippen molar-refractivity contribution in [1.29, 1.82) is 5.26 Å². The first-order valence-electron chi connectivity index (χ1n) is 4.81. The SMILES string of the molecule is CC1=CCCC(C)(C)[C@H]1/C=C/C#N. The Morgan fingerprint density at radius 1 is 1.62 bits per heavy atom. The smallest absolute Gasteiger partial charge is 0.0908 e. The molecule has 0 aromatic heterocycles. The van der Waals surface area contributed by atoms with E-state index in [1.807, 2.05) is 6.08 Å². The van der Waals surface area contributed by atoms with Crippen molar-refractivity contribution in [2.75, 3.05) is 0 Å². The molecule has 0 bridgehead atoms. The fourth-order valence-corrected chi connectivity index (χ4v) is 2.12. The summed E-state index contributed by atoms with van der Waals surface area (Å²) in [5.41, 5.74) is 1.72. The van der Waals surface area contributed by atoms with Gasteiger partial charge in [-0.25, -0.2) is 0 Å². The van der Waals surface area contributed by atoms with Crippen LogP contribution in [0.25, 0.3) is 0 Å². The minimum Gasteiger partial charge on any atom is -0.193 e. The van der Waals surface area contributed by atoms with Gasteiger partial charge in [0, 0.05) is 12.0 Å². The molecule has 0 saturated heterocycles. The average molecular weight is 175 g/mol. The average Bonchev–Trinajstić information content (AvgIpc) is 2.02. The molecule has 1 rings (SSSR count). The topological polar surface area (TPSA) is 23.8 Å². The van der Waals surface area contributed by atoms with Gasteiger partial charge in [0.15, 0.2) is 0 Å². The largest absolute Gasteiger partial charge is 0.193 e. The molecule has 0 fully saturated rings. The number of rotatable bonds is 1. The zero-order valence-electron chi connectivity index (χ0n) is 8.67. The fraction of sp³-hybridized carbons (Fsp3) is 0.583. The Morgan fingerprint density at radius 2 is 2.31 bits per heavy atom. The molecule has 1 aliphatic carbocycles. The lowest BCUT2D eigenvalue weighted by molar-refractivity contribution is 0.255. The predicted octanol–water partition coefficient (Wildman–Crippen LogP) is 3.45. The van der Waals surface area contributed by atoms with Gasteiger partial charge in [0.05, 0.1) is 6.07 Å². The number of hydrogen-bond acceptors (Lipinski definition) is 1. The van der Waals surface area contributed by atoms with Crippen molar-refractivity contribution in [3.05, 3.63) is 23.8 Å². The summed E-state index contributed by atoms with van der Waals surface area (Å²) in [5, 5.41) is 8.50. The maximum atomic E-state index is 8.50. The van der Waals surface area contributed by atoms with E-state index >= 15 is 0 Å². The van der Waals surface area contributed by atoms with Gasteiger partial charge in [0.1, 0.15) is 0 Å². The van der Waals surface area contributed by atoms with Crippen molar-refractivity contribution in [3.8, 4) is 6.07 Å². The molecule has 0 amide bonds. The Bertz CT molecular complexity index is 276. The first-order valence-corrected chi connectivity index (χ1v) is 4.81. The highest BCUT2D eigenvalue weighted by Crippen LogP contribution is 2.41. The van der Waals surface area contributed by atoms with Crippen molar-refractivity contribution in [1.82, 2.24) is 0 Å². The molecule has 1 atom stereocenters. The standard InChI is InChI=1S/C12H17N/c1-10-6-4-8-12(2,3)11(10)7-5-9-13/h5-7,11H,4,8H2,1-3H3/b7-5+/t11-/m0/s1. The Morgan fingerprint density at radius 3 is 2.85 bits per heavy atom. The summed E-state index contributed by atoms with van der Waals surface area (Å²) in [4.78, 5) is 0. The van der Waals surface area contributed by atoms with Crippen molar-refractivity contribution in [2.24, 2.45) is 11.3 Å². The predicted molar refractivity (Wildman–Crippen MR) is 55.0 cm³/mol. The Kier molecular flexibility index (Phi) is 2.93. The van der Waals surface area contributed by atoms with Crippen LogP contribution in [0.3, 0.4) is 0 Å². The van der Waals surface area contributed by atoms with E-state index < -0.39 is 0 Å². The summed E-state index contributed by atoms with van der Waals surface area (Å²) in [6.45, 7) is 6.71. The number of nitriles is 1. The van der Waals surface area contributed by atoms with Crippen LogP contribution < -0.4 is 0 Å². The van der Waals surface area contributed by atoms with Crippen LogP contribution in [0.1, 0.15) is 33.6 Å². The van der Waals surface area contributed by atoms with E-state index in [4.69, 9.17) is 5.26 Å². The molecule has 0 saturated carbocycles. The minimum atomic E-state index is 0.312. The summed E-state index contributed by atoms with van der Waals surface area (Å²) < 4.78 is 0. The summed E-state index contributed by atoms with van der Waals surface area (Å²) in [6.07, 6.45) is 8.32. The van der Waals surface area contributed by atoms with Gasteiger partial charge in [0.25, 0.3) is 0 Å². The maximum Gasteiger partial charge on any atom is 0.0908 e. The molecule has 0 spiro atoms.